The molecular weight excluding hydrogens is 434 g/mol. The van der Waals surface area contributed by atoms with Gasteiger partial charge in [-0.2, -0.15) is 0 Å². The SMILES string of the molecule is CCOC(=O)C1=C(CN2CCC(C(=O)OCC)CC2)N(C)C(=O)N[C@H]1c1cccc(Cl)c1. The van der Waals surface area contributed by atoms with Crippen molar-refractivity contribution in [3.63, 3.8) is 0 Å². The normalized spacial score (nSPS) is 20.2. The van der Waals surface area contributed by atoms with Crippen LogP contribution in [0.1, 0.15) is 38.3 Å². The minimum absolute atomic E-state index is 0.115. The molecule has 2 aliphatic heterocycles. The third kappa shape index (κ3) is 5.42. The van der Waals surface area contributed by atoms with Crippen molar-refractivity contribution in [3.05, 3.63) is 46.1 Å². The Morgan fingerprint density at radius 3 is 2.47 bits per heavy atom. The van der Waals surface area contributed by atoms with E-state index in [0.717, 1.165) is 0 Å². The number of halogens is 1. The van der Waals surface area contributed by atoms with E-state index < -0.39 is 12.0 Å². The number of rotatable bonds is 7. The number of nitrogens with zero attached hydrogens (tertiary/aromatic N) is 2. The summed E-state index contributed by atoms with van der Waals surface area (Å²) in [6.45, 7) is 5.88. The molecule has 8 nitrogen and oxygen atoms in total. The lowest BCUT2D eigenvalue weighted by Crippen LogP contribution is -2.50. The summed E-state index contributed by atoms with van der Waals surface area (Å²) in [7, 11) is 1.64. The van der Waals surface area contributed by atoms with E-state index in [1.54, 1.807) is 39.1 Å². The van der Waals surface area contributed by atoms with Gasteiger partial charge < -0.3 is 14.8 Å². The summed E-state index contributed by atoms with van der Waals surface area (Å²) in [5.41, 5.74) is 1.69. The second kappa shape index (κ2) is 10.8. The van der Waals surface area contributed by atoms with Crippen molar-refractivity contribution in [2.45, 2.75) is 32.7 Å². The Labute approximate surface area is 193 Å². The molecule has 0 radical (unpaired) electrons. The molecule has 174 valence electrons. The highest BCUT2D eigenvalue weighted by atomic mass is 35.5. The van der Waals surface area contributed by atoms with Gasteiger partial charge in [0.2, 0.25) is 0 Å². The number of likely N-dealkylation sites (N-methyl/N-ethyl adjacent to an activating group) is 1. The van der Waals surface area contributed by atoms with Gasteiger partial charge in [0.05, 0.1) is 30.7 Å². The molecule has 0 saturated carbocycles. The molecule has 1 atom stereocenters. The molecule has 1 N–H and O–H groups in total. The lowest BCUT2D eigenvalue weighted by atomic mass is 9.93. The molecule has 0 bridgehead atoms. The summed E-state index contributed by atoms with van der Waals surface area (Å²) in [5.74, 6) is -0.745. The zero-order chi connectivity index (χ0) is 23.3. The maximum absolute atomic E-state index is 13.0. The molecule has 0 spiro atoms. The Kier molecular flexibility index (Phi) is 8.15. The molecular formula is C23H30ClN3O5. The number of nitrogens with one attached hydrogen (secondary N) is 1. The van der Waals surface area contributed by atoms with Crippen LogP contribution in [0.4, 0.5) is 4.79 Å². The molecule has 1 saturated heterocycles. The van der Waals surface area contributed by atoms with Crippen molar-refractivity contribution < 1.29 is 23.9 Å². The molecule has 32 heavy (non-hydrogen) atoms. The van der Waals surface area contributed by atoms with Gasteiger partial charge in [0, 0.05) is 24.3 Å². The number of esters is 2. The van der Waals surface area contributed by atoms with E-state index in [-0.39, 0.29) is 24.5 Å². The maximum Gasteiger partial charge on any atom is 0.338 e. The second-order valence-electron chi connectivity index (χ2n) is 7.88. The van der Waals surface area contributed by atoms with Crippen molar-refractivity contribution in [1.29, 1.82) is 0 Å². The summed E-state index contributed by atoms with van der Waals surface area (Å²) < 4.78 is 10.5. The van der Waals surface area contributed by atoms with Crippen molar-refractivity contribution >= 4 is 29.6 Å². The van der Waals surface area contributed by atoms with E-state index in [9.17, 15) is 14.4 Å². The van der Waals surface area contributed by atoms with Crippen LogP contribution in [0.25, 0.3) is 0 Å². The lowest BCUT2D eigenvalue weighted by Gasteiger charge is -2.38. The van der Waals surface area contributed by atoms with Gasteiger partial charge in [0.15, 0.2) is 0 Å². The highest BCUT2D eigenvalue weighted by molar-refractivity contribution is 6.30. The van der Waals surface area contributed by atoms with Gasteiger partial charge in [-0.15, -0.1) is 0 Å². The van der Waals surface area contributed by atoms with E-state index in [0.29, 0.717) is 60.9 Å². The molecule has 0 unspecified atom stereocenters. The predicted octanol–water partition coefficient (Wildman–Crippen LogP) is 3.13. The average molecular weight is 464 g/mol. The third-order valence-corrected chi connectivity index (χ3v) is 6.07. The minimum atomic E-state index is -0.663. The van der Waals surface area contributed by atoms with Gasteiger partial charge >= 0.3 is 18.0 Å². The predicted molar refractivity (Wildman–Crippen MR) is 120 cm³/mol. The van der Waals surface area contributed by atoms with Crippen LogP contribution in [0.15, 0.2) is 35.5 Å². The highest BCUT2D eigenvalue weighted by Crippen LogP contribution is 2.33. The van der Waals surface area contributed by atoms with Gasteiger partial charge in [-0.1, -0.05) is 23.7 Å². The Balaban J connectivity index is 1.89. The second-order valence-corrected chi connectivity index (χ2v) is 8.32. The van der Waals surface area contributed by atoms with Crippen LogP contribution in [0.5, 0.6) is 0 Å². The fourth-order valence-electron chi connectivity index (χ4n) is 4.13. The van der Waals surface area contributed by atoms with Crippen LogP contribution in [-0.4, -0.2) is 67.7 Å². The van der Waals surface area contributed by atoms with Crippen LogP contribution in [0.2, 0.25) is 5.02 Å². The number of hydrogen-bond donors (Lipinski definition) is 1. The molecule has 9 heteroatoms. The number of carbonyl (C=O) groups excluding carboxylic acids is 3. The number of urea groups is 1. The molecule has 2 heterocycles. The van der Waals surface area contributed by atoms with Crippen molar-refractivity contribution in [2.24, 2.45) is 5.92 Å². The Morgan fingerprint density at radius 2 is 1.84 bits per heavy atom. The van der Waals surface area contributed by atoms with Crippen molar-refractivity contribution in [2.75, 3.05) is 39.9 Å². The van der Waals surface area contributed by atoms with E-state index in [2.05, 4.69) is 10.2 Å². The van der Waals surface area contributed by atoms with Crippen molar-refractivity contribution in [1.82, 2.24) is 15.1 Å². The molecule has 2 amide bonds. The summed E-state index contributed by atoms with van der Waals surface area (Å²) in [5, 5.41) is 3.41. The first-order chi connectivity index (χ1) is 15.3. The highest BCUT2D eigenvalue weighted by Gasteiger charge is 2.38. The third-order valence-electron chi connectivity index (χ3n) is 5.84. The summed E-state index contributed by atoms with van der Waals surface area (Å²) in [6.07, 6.45) is 1.35. The zero-order valence-electron chi connectivity index (χ0n) is 18.7. The number of likely N-dealkylation sites (tertiary alicyclic amines) is 1. The quantitative estimate of drug-likeness (QED) is 0.625. The molecule has 0 aliphatic carbocycles. The largest absolute Gasteiger partial charge is 0.466 e. The minimum Gasteiger partial charge on any atom is -0.466 e. The molecule has 1 fully saturated rings. The van der Waals surface area contributed by atoms with E-state index >= 15 is 0 Å². The maximum atomic E-state index is 13.0. The van der Waals surface area contributed by atoms with Gasteiger partial charge in [-0.3, -0.25) is 14.6 Å². The Hall–Kier alpha value is -2.58. The number of ether oxygens (including phenoxy) is 2. The van der Waals surface area contributed by atoms with Gasteiger partial charge in [-0.05, 0) is 57.5 Å². The van der Waals surface area contributed by atoms with Crippen LogP contribution in [0, 0.1) is 5.92 Å². The Morgan fingerprint density at radius 1 is 1.16 bits per heavy atom. The molecule has 1 aromatic carbocycles. The van der Waals surface area contributed by atoms with Crippen LogP contribution >= 0.6 is 11.6 Å². The molecule has 0 aromatic heterocycles. The number of benzene rings is 1. The standard InChI is InChI=1S/C23H30ClN3O5/c1-4-31-21(28)15-9-11-27(12-10-15)14-18-19(22(29)32-5-2)20(25-23(30)26(18)3)16-7-6-8-17(24)13-16/h6-8,13,15,20H,4-5,9-12,14H2,1-3H3,(H,25,30)/t20-/m0/s1. The lowest BCUT2D eigenvalue weighted by molar-refractivity contribution is -0.149. The van der Waals surface area contributed by atoms with E-state index in [1.165, 1.54) is 4.90 Å². The van der Waals surface area contributed by atoms with Gasteiger partial charge in [-0.25, -0.2) is 9.59 Å². The van der Waals surface area contributed by atoms with Crippen molar-refractivity contribution in [3.8, 4) is 0 Å². The van der Waals surface area contributed by atoms with Crippen LogP contribution < -0.4 is 5.32 Å². The fraction of sp³-hybridized carbons (Fsp3) is 0.522. The first kappa shape index (κ1) is 24.1. The van der Waals surface area contributed by atoms with Crippen LogP contribution in [-0.2, 0) is 19.1 Å². The Bertz CT molecular complexity index is 895. The number of carbonyl (C=O) groups is 3. The monoisotopic (exact) mass is 463 g/mol. The fourth-order valence-corrected chi connectivity index (χ4v) is 4.33. The smallest absolute Gasteiger partial charge is 0.338 e. The van der Waals surface area contributed by atoms with E-state index in [1.807, 2.05) is 6.07 Å². The molecule has 1 aromatic rings. The topological polar surface area (TPSA) is 88.2 Å². The van der Waals surface area contributed by atoms with Crippen LogP contribution in [0.3, 0.4) is 0 Å². The summed E-state index contributed by atoms with van der Waals surface area (Å²) in [6, 6.07) is 6.11. The van der Waals surface area contributed by atoms with Gasteiger partial charge in [0.1, 0.15) is 0 Å². The number of piperidine rings is 1. The first-order valence-corrected chi connectivity index (χ1v) is 11.3. The summed E-state index contributed by atoms with van der Waals surface area (Å²) in [4.78, 5) is 41.4. The average Bonchev–Trinajstić information content (AvgIpc) is 2.77. The number of amides is 2. The van der Waals surface area contributed by atoms with E-state index in [4.69, 9.17) is 21.1 Å². The number of hydrogen-bond acceptors (Lipinski definition) is 6. The van der Waals surface area contributed by atoms with Gasteiger partial charge in [0.25, 0.3) is 0 Å². The molecule has 2 aliphatic rings. The summed E-state index contributed by atoms with van der Waals surface area (Å²) >= 11 is 6.17. The molecule has 3 rings (SSSR count). The first-order valence-electron chi connectivity index (χ1n) is 10.9. The zero-order valence-corrected chi connectivity index (χ0v) is 19.5.